The summed E-state index contributed by atoms with van der Waals surface area (Å²) in [5, 5.41) is 19.1. The van der Waals surface area contributed by atoms with E-state index in [0.717, 1.165) is 11.3 Å². The molecule has 2 amide bonds. The molecule has 2 rings (SSSR count). The first-order valence-corrected chi connectivity index (χ1v) is 9.21. The van der Waals surface area contributed by atoms with E-state index < -0.39 is 23.8 Å². The first-order chi connectivity index (χ1) is 12.6. The highest BCUT2D eigenvalue weighted by molar-refractivity contribution is 6.29. The van der Waals surface area contributed by atoms with Gasteiger partial charge in [0.2, 0.25) is 0 Å². The van der Waals surface area contributed by atoms with Gasteiger partial charge in [-0.05, 0) is 38.8 Å². The molecule has 0 aliphatic carbocycles. The lowest BCUT2D eigenvalue weighted by atomic mass is 9.98. The van der Waals surface area contributed by atoms with Crippen molar-refractivity contribution in [2.24, 2.45) is 0 Å². The van der Waals surface area contributed by atoms with Crippen LogP contribution in [-0.2, 0) is 17.7 Å². The number of nitrogens with zero attached hydrogens (tertiary/aromatic N) is 3. The van der Waals surface area contributed by atoms with E-state index in [4.69, 9.17) is 21.4 Å². The minimum Gasteiger partial charge on any atom is -0.465 e. The average molecular weight is 400 g/mol. The molecule has 0 bridgehead atoms. The third kappa shape index (κ3) is 5.97. The summed E-state index contributed by atoms with van der Waals surface area (Å²) in [5.74, 6) is 0. The van der Waals surface area contributed by atoms with E-state index in [-0.39, 0.29) is 26.2 Å². The van der Waals surface area contributed by atoms with Gasteiger partial charge in [0.25, 0.3) is 0 Å². The summed E-state index contributed by atoms with van der Waals surface area (Å²) < 4.78 is 5.43. The Kier molecular flexibility index (Phi) is 6.89. The van der Waals surface area contributed by atoms with Crippen molar-refractivity contribution >= 4 is 23.8 Å². The maximum Gasteiger partial charge on any atom is 0.410 e. The smallest absolute Gasteiger partial charge is 0.410 e. The number of ether oxygens (including phenoxy) is 1. The van der Waals surface area contributed by atoms with Gasteiger partial charge < -0.3 is 19.8 Å². The number of rotatable bonds is 5. The van der Waals surface area contributed by atoms with Gasteiger partial charge in [-0.1, -0.05) is 17.7 Å². The molecule has 8 nitrogen and oxygen atoms in total. The molecule has 0 fully saturated rings. The van der Waals surface area contributed by atoms with Gasteiger partial charge >= 0.3 is 12.2 Å². The zero-order valence-corrected chi connectivity index (χ0v) is 16.6. The van der Waals surface area contributed by atoms with E-state index >= 15 is 0 Å². The zero-order chi connectivity index (χ0) is 20.2. The number of amides is 2. The molecule has 0 saturated heterocycles. The summed E-state index contributed by atoms with van der Waals surface area (Å²) >= 11 is 5.97. The lowest BCUT2D eigenvalue weighted by molar-refractivity contribution is 0.0164. The van der Waals surface area contributed by atoms with E-state index in [0.29, 0.717) is 18.0 Å². The Balaban J connectivity index is 2.22. The summed E-state index contributed by atoms with van der Waals surface area (Å²) in [6.45, 7) is 5.82. The molecule has 1 aliphatic heterocycles. The molecule has 2 heterocycles. The fourth-order valence-electron chi connectivity index (χ4n) is 2.96. The van der Waals surface area contributed by atoms with Crippen molar-refractivity contribution in [1.82, 2.24) is 14.8 Å². The molecule has 1 aromatic heterocycles. The molecule has 2 N–H and O–H groups in total. The molecule has 1 unspecified atom stereocenters. The molecule has 0 spiro atoms. The number of hydrogen-bond donors (Lipinski definition) is 2. The lowest BCUT2D eigenvalue weighted by Gasteiger charge is -2.37. The number of pyridine rings is 1. The Morgan fingerprint density at radius 3 is 2.70 bits per heavy atom. The summed E-state index contributed by atoms with van der Waals surface area (Å²) in [6.07, 6.45) is -0.877. The SMILES string of the molecule is CC(C)(C)OC(=O)N(CCCO)CC1Cc2nc(Cl)ccc2CN1C(=O)O. The number of aromatic nitrogens is 1. The minimum atomic E-state index is -1.06. The van der Waals surface area contributed by atoms with Crippen LogP contribution in [-0.4, -0.2) is 68.5 Å². The summed E-state index contributed by atoms with van der Waals surface area (Å²) in [4.78, 5) is 31.3. The highest BCUT2D eigenvalue weighted by Crippen LogP contribution is 2.25. The molecule has 9 heteroatoms. The van der Waals surface area contributed by atoms with Crippen LogP contribution in [0.1, 0.15) is 38.4 Å². The summed E-state index contributed by atoms with van der Waals surface area (Å²) in [7, 11) is 0. The Morgan fingerprint density at radius 2 is 2.11 bits per heavy atom. The fourth-order valence-corrected chi connectivity index (χ4v) is 3.12. The molecule has 0 aromatic carbocycles. The van der Waals surface area contributed by atoms with Crippen LogP contribution >= 0.6 is 11.6 Å². The molecule has 150 valence electrons. The van der Waals surface area contributed by atoms with E-state index in [1.165, 1.54) is 9.80 Å². The van der Waals surface area contributed by atoms with Crippen molar-refractivity contribution in [3.63, 3.8) is 0 Å². The molecular formula is C18H26ClN3O5. The number of fused-ring (bicyclic) bond motifs is 1. The molecule has 1 aromatic rings. The zero-order valence-electron chi connectivity index (χ0n) is 15.8. The average Bonchev–Trinajstić information content (AvgIpc) is 2.55. The number of halogens is 1. The quantitative estimate of drug-likeness (QED) is 0.738. The van der Waals surface area contributed by atoms with Gasteiger partial charge in [0.15, 0.2) is 0 Å². The van der Waals surface area contributed by atoms with Gasteiger partial charge in [0, 0.05) is 31.8 Å². The lowest BCUT2D eigenvalue weighted by Crippen LogP contribution is -2.52. The predicted molar refractivity (Wildman–Crippen MR) is 99.8 cm³/mol. The van der Waals surface area contributed by atoms with Crippen LogP contribution in [0.5, 0.6) is 0 Å². The highest BCUT2D eigenvalue weighted by atomic mass is 35.5. The normalized spacial score (nSPS) is 16.6. The Bertz CT molecular complexity index is 692. The van der Waals surface area contributed by atoms with Crippen molar-refractivity contribution in [2.45, 2.75) is 51.8 Å². The van der Waals surface area contributed by atoms with Crippen LogP contribution in [0.25, 0.3) is 0 Å². The van der Waals surface area contributed by atoms with Gasteiger partial charge in [-0.2, -0.15) is 0 Å². The second kappa shape index (κ2) is 8.75. The summed E-state index contributed by atoms with van der Waals surface area (Å²) in [6, 6.07) is 2.93. The maximum absolute atomic E-state index is 12.5. The highest BCUT2D eigenvalue weighted by Gasteiger charge is 2.34. The van der Waals surface area contributed by atoms with Crippen LogP contribution < -0.4 is 0 Å². The Labute approximate surface area is 163 Å². The van der Waals surface area contributed by atoms with E-state index in [1.807, 2.05) is 0 Å². The number of carbonyl (C=O) groups is 2. The molecule has 1 atom stereocenters. The third-order valence-corrected chi connectivity index (χ3v) is 4.37. The third-order valence-electron chi connectivity index (χ3n) is 4.16. The first-order valence-electron chi connectivity index (χ1n) is 8.83. The molecule has 1 aliphatic rings. The van der Waals surface area contributed by atoms with Crippen LogP contribution in [0, 0.1) is 0 Å². The van der Waals surface area contributed by atoms with Crippen LogP contribution in [0.3, 0.4) is 0 Å². The van der Waals surface area contributed by atoms with Crippen molar-refractivity contribution in [1.29, 1.82) is 0 Å². The minimum absolute atomic E-state index is 0.0768. The van der Waals surface area contributed by atoms with E-state index in [2.05, 4.69) is 4.98 Å². The van der Waals surface area contributed by atoms with Gasteiger partial charge in [-0.3, -0.25) is 4.90 Å². The molecule has 27 heavy (non-hydrogen) atoms. The van der Waals surface area contributed by atoms with Crippen LogP contribution in [0.4, 0.5) is 9.59 Å². The Hall–Kier alpha value is -2.06. The standard InChI is InChI=1S/C18H26ClN3O5/c1-18(2,3)27-17(26)21(7-4-8-23)11-13-9-14-12(5-6-15(19)20-14)10-22(13)16(24)25/h5-6,13,23H,4,7-11H2,1-3H3,(H,24,25). The van der Waals surface area contributed by atoms with Crippen molar-refractivity contribution in [3.05, 3.63) is 28.5 Å². The molecule has 0 radical (unpaired) electrons. The van der Waals surface area contributed by atoms with Crippen molar-refractivity contribution in [2.75, 3.05) is 19.7 Å². The topological polar surface area (TPSA) is 103 Å². The van der Waals surface area contributed by atoms with E-state index in [1.54, 1.807) is 32.9 Å². The van der Waals surface area contributed by atoms with E-state index in [9.17, 15) is 14.7 Å². The second-order valence-electron chi connectivity index (χ2n) is 7.51. The largest absolute Gasteiger partial charge is 0.465 e. The Morgan fingerprint density at radius 1 is 1.41 bits per heavy atom. The van der Waals surface area contributed by atoms with Gasteiger partial charge in [0.1, 0.15) is 10.8 Å². The van der Waals surface area contributed by atoms with Crippen molar-refractivity contribution in [3.8, 4) is 0 Å². The van der Waals surface area contributed by atoms with Gasteiger partial charge in [0.05, 0.1) is 12.6 Å². The second-order valence-corrected chi connectivity index (χ2v) is 7.90. The molecular weight excluding hydrogens is 374 g/mol. The number of hydrogen-bond acceptors (Lipinski definition) is 5. The van der Waals surface area contributed by atoms with Crippen LogP contribution in [0.15, 0.2) is 12.1 Å². The number of carboxylic acid groups (broad SMARTS) is 1. The van der Waals surface area contributed by atoms with Gasteiger partial charge in [-0.15, -0.1) is 0 Å². The number of aliphatic hydroxyl groups excluding tert-OH is 1. The first kappa shape index (κ1) is 21.2. The predicted octanol–water partition coefficient (Wildman–Crippen LogP) is 2.76. The summed E-state index contributed by atoms with van der Waals surface area (Å²) in [5.41, 5.74) is 0.864. The number of carbonyl (C=O) groups excluding carboxylic acids is 1. The maximum atomic E-state index is 12.5. The number of aliphatic hydroxyl groups is 1. The fraction of sp³-hybridized carbons (Fsp3) is 0.611. The van der Waals surface area contributed by atoms with Crippen molar-refractivity contribution < 1.29 is 24.5 Å². The van der Waals surface area contributed by atoms with Crippen LogP contribution in [0.2, 0.25) is 5.15 Å². The molecule has 0 saturated carbocycles. The monoisotopic (exact) mass is 399 g/mol. The van der Waals surface area contributed by atoms with Gasteiger partial charge in [-0.25, -0.2) is 14.6 Å².